The summed E-state index contributed by atoms with van der Waals surface area (Å²) in [6.07, 6.45) is 2.15. The Kier molecular flexibility index (Phi) is 7.25. The highest BCUT2D eigenvalue weighted by atomic mass is 35.7. The molecule has 0 radical (unpaired) electrons. The second-order valence-corrected chi connectivity index (χ2v) is 23.7. The van der Waals surface area contributed by atoms with Crippen LogP contribution in [-0.4, -0.2) is 13.4 Å². The zero-order valence-corrected chi connectivity index (χ0v) is 22.8. The van der Waals surface area contributed by atoms with Crippen molar-refractivity contribution in [3.8, 4) is 0 Å². The van der Waals surface area contributed by atoms with Crippen LogP contribution in [0.1, 0.15) is 79.9 Å². The van der Waals surface area contributed by atoms with E-state index in [1.54, 1.807) is 0 Å². The van der Waals surface area contributed by atoms with Crippen molar-refractivity contribution in [2.45, 2.75) is 69.6 Å². The van der Waals surface area contributed by atoms with Crippen molar-refractivity contribution in [3.63, 3.8) is 0 Å². The standard InChI is InChI=1S/C23H30Cl4Si2/c1-6-9-17-12-13-20-21(14-17)23(29(26,27)16(4)5)19-11-8-7-10-18(19)22(20)28(24,25)15(2)3/h7-8,10-16,22-23H,6,9H2,1-5H3. The van der Waals surface area contributed by atoms with Crippen molar-refractivity contribution in [2.75, 3.05) is 0 Å². The van der Waals surface area contributed by atoms with E-state index in [9.17, 15) is 0 Å². The van der Waals surface area contributed by atoms with E-state index in [4.69, 9.17) is 44.3 Å². The molecule has 3 rings (SSSR count). The average Bonchev–Trinajstić information content (AvgIpc) is 2.65. The predicted molar refractivity (Wildman–Crippen MR) is 136 cm³/mol. The van der Waals surface area contributed by atoms with Crippen LogP contribution in [0.15, 0.2) is 42.5 Å². The van der Waals surface area contributed by atoms with Gasteiger partial charge in [0.25, 0.3) is 13.4 Å². The van der Waals surface area contributed by atoms with E-state index >= 15 is 0 Å². The molecule has 6 heteroatoms. The van der Waals surface area contributed by atoms with Gasteiger partial charge in [-0.3, -0.25) is 0 Å². The maximum Gasteiger partial charge on any atom is 0.265 e. The molecule has 0 aromatic heterocycles. The van der Waals surface area contributed by atoms with Crippen LogP contribution in [0.5, 0.6) is 0 Å². The van der Waals surface area contributed by atoms with Crippen molar-refractivity contribution in [3.05, 3.63) is 70.3 Å². The molecule has 29 heavy (non-hydrogen) atoms. The van der Waals surface area contributed by atoms with Crippen LogP contribution in [0.25, 0.3) is 0 Å². The second kappa shape index (κ2) is 8.88. The number of halogens is 4. The zero-order valence-electron chi connectivity index (χ0n) is 17.8. The Bertz CT molecular complexity index is 877. The van der Waals surface area contributed by atoms with Gasteiger partial charge in [0.2, 0.25) is 0 Å². The van der Waals surface area contributed by atoms with Crippen molar-refractivity contribution in [2.24, 2.45) is 0 Å². The molecule has 0 nitrogen and oxygen atoms in total. The van der Waals surface area contributed by atoms with E-state index in [1.165, 1.54) is 27.8 Å². The lowest BCUT2D eigenvalue weighted by molar-refractivity contribution is 0.865. The SMILES string of the molecule is CCCc1ccc2c(c1)C([Si](Cl)(Cl)C(C)C)c1ccccc1C2[Si](Cl)(Cl)C(C)C. The maximum absolute atomic E-state index is 7.21. The number of fused-ring (bicyclic) bond motifs is 2. The summed E-state index contributed by atoms with van der Waals surface area (Å²) in [5, 5.41) is 0. The molecule has 0 fully saturated rings. The normalized spacial score (nSPS) is 19.4. The van der Waals surface area contributed by atoms with E-state index in [0.717, 1.165) is 12.8 Å². The molecule has 0 spiro atoms. The highest BCUT2D eigenvalue weighted by molar-refractivity contribution is 7.47. The first kappa shape index (κ1) is 23.7. The minimum atomic E-state index is -2.67. The molecule has 1 aliphatic rings. The number of hydrogen-bond donors (Lipinski definition) is 0. The molecule has 1 aliphatic carbocycles. The van der Waals surface area contributed by atoms with E-state index in [2.05, 4.69) is 77.1 Å². The van der Waals surface area contributed by atoms with E-state index in [0.29, 0.717) is 0 Å². The molecule has 2 aromatic carbocycles. The molecular formula is C23H30Cl4Si2. The fourth-order valence-electron chi connectivity index (χ4n) is 4.45. The number of hydrogen-bond acceptors (Lipinski definition) is 0. The molecule has 2 unspecified atom stereocenters. The topological polar surface area (TPSA) is 0 Å². The van der Waals surface area contributed by atoms with Crippen molar-refractivity contribution >= 4 is 57.7 Å². The van der Waals surface area contributed by atoms with Gasteiger partial charge in [0.15, 0.2) is 0 Å². The Morgan fingerprint density at radius 1 is 0.724 bits per heavy atom. The minimum Gasteiger partial charge on any atom is -0.145 e. The van der Waals surface area contributed by atoms with Crippen LogP contribution in [0, 0.1) is 0 Å². The molecule has 0 heterocycles. The van der Waals surface area contributed by atoms with Gasteiger partial charge in [-0.15, -0.1) is 44.3 Å². The van der Waals surface area contributed by atoms with Crippen LogP contribution >= 0.6 is 44.3 Å². The molecule has 0 saturated carbocycles. The monoisotopic (exact) mass is 502 g/mol. The van der Waals surface area contributed by atoms with Gasteiger partial charge in [-0.2, -0.15) is 0 Å². The number of rotatable bonds is 6. The first-order chi connectivity index (χ1) is 13.5. The van der Waals surface area contributed by atoms with Gasteiger partial charge in [0.05, 0.1) is 0 Å². The van der Waals surface area contributed by atoms with Gasteiger partial charge in [-0.1, -0.05) is 83.5 Å². The summed E-state index contributed by atoms with van der Waals surface area (Å²) in [5.41, 5.74) is 6.76. The molecule has 2 aromatic rings. The van der Waals surface area contributed by atoms with E-state index in [-0.39, 0.29) is 22.2 Å². The summed E-state index contributed by atoms with van der Waals surface area (Å²) >= 11 is 28.8. The van der Waals surface area contributed by atoms with E-state index < -0.39 is 13.4 Å². The quantitative estimate of drug-likeness (QED) is 0.272. The van der Waals surface area contributed by atoms with Crippen LogP contribution < -0.4 is 0 Å². The fourth-order valence-corrected chi connectivity index (χ4v) is 11.3. The molecule has 2 atom stereocenters. The predicted octanol–water partition coefficient (Wildman–Crippen LogP) is 8.95. The van der Waals surface area contributed by atoms with Crippen LogP contribution in [-0.2, 0) is 6.42 Å². The van der Waals surface area contributed by atoms with Gasteiger partial charge < -0.3 is 0 Å². The minimum absolute atomic E-state index is 0.0225. The Morgan fingerprint density at radius 3 is 1.62 bits per heavy atom. The number of benzene rings is 2. The lowest BCUT2D eigenvalue weighted by Gasteiger charge is -2.43. The molecule has 0 aliphatic heterocycles. The Hall–Kier alpha value is 0.0338. The first-order valence-corrected chi connectivity index (χ1v) is 18.9. The molecule has 158 valence electrons. The van der Waals surface area contributed by atoms with Gasteiger partial charge in [0, 0.05) is 11.1 Å². The van der Waals surface area contributed by atoms with Gasteiger partial charge in [-0.05, 0) is 45.3 Å². The number of aryl methyl sites for hydroxylation is 1. The van der Waals surface area contributed by atoms with Gasteiger partial charge in [-0.25, -0.2) is 0 Å². The summed E-state index contributed by atoms with van der Waals surface area (Å²) in [7, 11) is 0. The van der Waals surface area contributed by atoms with Crippen molar-refractivity contribution in [1.82, 2.24) is 0 Å². The summed E-state index contributed by atoms with van der Waals surface area (Å²) in [6.45, 7) is 5.45. The molecular weight excluding hydrogens is 474 g/mol. The highest BCUT2D eigenvalue weighted by Gasteiger charge is 2.53. The van der Waals surface area contributed by atoms with Gasteiger partial charge >= 0.3 is 0 Å². The Balaban J connectivity index is 2.35. The molecule has 0 amide bonds. The zero-order chi connectivity index (χ0) is 21.6. The largest absolute Gasteiger partial charge is 0.265 e. The van der Waals surface area contributed by atoms with Crippen LogP contribution in [0.3, 0.4) is 0 Å². The second-order valence-electron chi connectivity index (χ2n) is 8.87. The smallest absolute Gasteiger partial charge is 0.145 e. The molecule has 0 saturated heterocycles. The first-order valence-electron chi connectivity index (χ1n) is 10.5. The third-order valence-corrected chi connectivity index (χ3v) is 20.0. The molecule has 0 N–H and O–H groups in total. The lowest BCUT2D eigenvalue weighted by Crippen LogP contribution is -2.42. The highest BCUT2D eigenvalue weighted by Crippen LogP contribution is 2.57. The third kappa shape index (κ3) is 4.23. The summed E-state index contributed by atoms with van der Waals surface area (Å²) in [4.78, 5) is 0. The van der Waals surface area contributed by atoms with Crippen molar-refractivity contribution < 1.29 is 0 Å². The third-order valence-electron chi connectivity index (χ3n) is 6.24. The fraction of sp³-hybridized carbons (Fsp3) is 0.478. The average molecular weight is 504 g/mol. The van der Waals surface area contributed by atoms with Crippen LogP contribution in [0.2, 0.25) is 11.1 Å². The summed E-state index contributed by atoms with van der Waals surface area (Å²) in [6, 6.07) is 15.4. The molecule has 0 bridgehead atoms. The lowest BCUT2D eigenvalue weighted by atomic mass is 9.83. The maximum atomic E-state index is 7.21. The van der Waals surface area contributed by atoms with Crippen LogP contribution in [0.4, 0.5) is 0 Å². The Morgan fingerprint density at radius 2 is 1.17 bits per heavy atom. The van der Waals surface area contributed by atoms with Crippen molar-refractivity contribution in [1.29, 1.82) is 0 Å². The summed E-state index contributed by atoms with van der Waals surface area (Å²) < 4.78 is 0. The summed E-state index contributed by atoms with van der Waals surface area (Å²) in [5.74, 6) is 0. The van der Waals surface area contributed by atoms with Gasteiger partial charge in [0.1, 0.15) is 0 Å². The Labute approximate surface area is 196 Å². The van der Waals surface area contributed by atoms with E-state index in [1.807, 2.05) is 0 Å².